The van der Waals surface area contributed by atoms with Crippen molar-refractivity contribution in [2.24, 2.45) is 5.41 Å². The Kier molecular flexibility index (Phi) is 4.47. The van der Waals surface area contributed by atoms with Crippen molar-refractivity contribution in [3.8, 4) is 0 Å². The van der Waals surface area contributed by atoms with Crippen LogP contribution in [0.3, 0.4) is 0 Å². The van der Waals surface area contributed by atoms with Crippen LogP contribution in [0.25, 0.3) is 0 Å². The van der Waals surface area contributed by atoms with Crippen LogP contribution in [0.1, 0.15) is 39.5 Å². The first-order chi connectivity index (χ1) is 10.4. The van der Waals surface area contributed by atoms with E-state index in [9.17, 15) is 13.2 Å². The first-order valence-electron chi connectivity index (χ1n) is 8.55. The number of hydrogen-bond acceptors (Lipinski definition) is 3. The van der Waals surface area contributed by atoms with Gasteiger partial charge in [-0.15, -0.1) is 0 Å². The lowest BCUT2D eigenvalue weighted by molar-refractivity contribution is -0.215. The van der Waals surface area contributed by atoms with Crippen molar-refractivity contribution in [2.45, 2.75) is 63.9 Å². The maximum absolute atomic E-state index is 12.8. The molecular weight excluding hydrogens is 293 g/mol. The topological polar surface area (TPSA) is 15.7 Å². The fraction of sp³-hybridized carbons (Fsp3) is 1.00. The van der Waals surface area contributed by atoms with Gasteiger partial charge in [-0.05, 0) is 33.1 Å². The van der Waals surface area contributed by atoms with Crippen LogP contribution < -0.4 is 0 Å². The second-order valence-electron chi connectivity index (χ2n) is 7.07. The van der Waals surface area contributed by atoms with E-state index in [4.69, 9.17) is 4.74 Å². The molecular formula is C16H27F3N2O. The third kappa shape index (κ3) is 2.67. The molecule has 0 bridgehead atoms. The zero-order valence-electron chi connectivity index (χ0n) is 13.5. The third-order valence-corrected chi connectivity index (χ3v) is 6.21. The SMILES string of the molecule is CCO[C@@H]1C[C@@H](N2CCN([C@@H](C)C(F)(F)F)CC2)C12CCC2. The maximum Gasteiger partial charge on any atom is 0.403 e. The average molecular weight is 320 g/mol. The third-order valence-electron chi connectivity index (χ3n) is 6.21. The lowest BCUT2D eigenvalue weighted by Crippen LogP contribution is -2.70. The molecule has 3 aliphatic rings. The largest absolute Gasteiger partial charge is 0.403 e. The molecule has 3 atom stereocenters. The van der Waals surface area contributed by atoms with E-state index in [1.165, 1.54) is 26.2 Å². The minimum atomic E-state index is -4.12. The highest BCUT2D eigenvalue weighted by molar-refractivity contribution is 5.13. The summed E-state index contributed by atoms with van der Waals surface area (Å²) in [4.78, 5) is 4.00. The van der Waals surface area contributed by atoms with Gasteiger partial charge in [0.25, 0.3) is 0 Å². The zero-order valence-corrected chi connectivity index (χ0v) is 13.5. The van der Waals surface area contributed by atoms with Gasteiger partial charge in [0, 0.05) is 44.2 Å². The highest BCUT2D eigenvalue weighted by atomic mass is 19.4. The van der Waals surface area contributed by atoms with Crippen molar-refractivity contribution in [3.63, 3.8) is 0 Å². The predicted molar refractivity (Wildman–Crippen MR) is 78.8 cm³/mol. The van der Waals surface area contributed by atoms with Crippen LogP contribution in [0.5, 0.6) is 0 Å². The quantitative estimate of drug-likeness (QED) is 0.792. The van der Waals surface area contributed by atoms with Crippen molar-refractivity contribution in [1.82, 2.24) is 9.80 Å². The van der Waals surface area contributed by atoms with Crippen LogP contribution in [0.15, 0.2) is 0 Å². The molecule has 0 unspecified atom stereocenters. The van der Waals surface area contributed by atoms with Crippen LogP contribution >= 0.6 is 0 Å². The minimum absolute atomic E-state index is 0.313. The number of hydrogen-bond donors (Lipinski definition) is 0. The van der Waals surface area contributed by atoms with Crippen LogP contribution in [-0.4, -0.2) is 66.9 Å². The van der Waals surface area contributed by atoms with Gasteiger partial charge in [-0.2, -0.15) is 13.2 Å². The standard InChI is InChI=1S/C16H27F3N2O/c1-3-22-14-11-13(15(14)5-4-6-15)21-9-7-20(8-10-21)12(2)16(17,18)19/h12-14H,3-11H2,1-2H3/t12-,13+,14+/m0/s1. The summed E-state index contributed by atoms with van der Waals surface area (Å²) in [6, 6.07) is -0.800. The van der Waals surface area contributed by atoms with Gasteiger partial charge in [-0.1, -0.05) is 6.42 Å². The molecule has 0 amide bonds. The Labute approximate surface area is 130 Å². The summed E-state index contributed by atoms with van der Waals surface area (Å²) in [5, 5.41) is 0. The van der Waals surface area contributed by atoms with Crippen molar-refractivity contribution in [1.29, 1.82) is 0 Å². The summed E-state index contributed by atoms with van der Waals surface area (Å²) in [6.45, 7) is 6.63. The van der Waals surface area contributed by atoms with E-state index in [2.05, 4.69) is 4.90 Å². The molecule has 0 N–H and O–H groups in total. The van der Waals surface area contributed by atoms with Gasteiger partial charge in [-0.25, -0.2) is 0 Å². The summed E-state index contributed by atoms with van der Waals surface area (Å²) < 4.78 is 44.3. The molecule has 3 fully saturated rings. The van der Waals surface area contributed by atoms with Gasteiger partial charge in [0.15, 0.2) is 0 Å². The molecule has 1 saturated heterocycles. The van der Waals surface area contributed by atoms with E-state index < -0.39 is 12.2 Å². The molecule has 1 heterocycles. The summed E-state index contributed by atoms with van der Waals surface area (Å²) in [6.07, 6.45) is 1.04. The first-order valence-corrected chi connectivity index (χ1v) is 8.55. The number of piperazine rings is 1. The molecule has 0 aromatic heterocycles. The van der Waals surface area contributed by atoms with E-state index in [0.717, 1.165) is 26.1 Å². The van der Waals surface area contributed by atoms with E-state index in [1.807, 2.05) is 6.92 Å². The molecule has 0 aromatic rings. The normalized spacial score (nSPS) is 34.2. The lowest BCUT2D eigenvalue weighted by Gasteiger charge is -2.64. The fourth-order valence-corrected chi connectivity index (χ4v) is 4.56. The monoisotopic (exact) mass is 320 g/mol. The van der Waals surface area contributed by atoms with Gasteiger partial charge in [0.05, 0.1) is 6.10 Å². The minimum Gasteiger partial charge on any atom is -0.378 e. The highest BCUT2D eigenvalue weighted by Gasteiger charge is 2.60. The Bertz CT molecular complexity index is 389. The molecule has 2 aliphatic carbocycles. The number of nitrogens with zero attached hydrogens (tertiary/aromatic N) is 2. The number of rotatable bonds is 4. The van der Waals surface area contributed by atoms with Crippen LogP contribution in [-0.2, 0) is 4.74 Å². The molecule has 128 valence electrons. The Morgan fingerprint density at radius 1 is 1.18 bits per heavy atom. The first kappa shape index (κ1) is 16.5. The highest BCUT2D eigenvalue weighted by Crippen LogP contribution is 2.59. The summed E-state index contributed by atoms with van der Waals surface area (Å²) >= 11 is 0. The van der Waals surface area contributed by atoms with Crippen molar-refractivity contribution < 1.29 is 17.9 Å². The fourth-order valence-electron chi connectivity index (χ4n) is 4.56. The zero-order chi connectivity index (χ0) is 16.0. The van der Waals surface area contributed by atoms with Crippen molar-refractivity contribution in [3.05, 3.63) is 0 Å². The lowest BCUT2D eigenvalue weighted by atomic mass is 9.50. The number of halogens is 3. The molecule has 22 heavy (non-hydrogen) atoms. The van der Waals surface area contributed by atoms with Gasteiger partial charge in [0.2, 0.25) is 0 Å². The van der Waals surface area contributed by atoms with Crippen LogP contribution in [0.4, 0.5) is 13.2 Å². The Balaban J connectivity index is 1.54. The molecule has 1 aliphatic heterocycles. The Morgan fingerprint density at radius 2 is 1.82 bits per heavy atom. The second-order valence-corrected chi connectivity index (χ2v) is 7.07. The average Bonchev–Trinajstić information content (AvgIpc) is 2.40. The Hall–Kier alpha value is -0.330. The van der Waals surface area contributed by atoms with Gasteiger partial charge in [0.1, 0.15) is 6.04 Å². The summed E-state index contributed by atoms with van der Waals surface area (Å²) in [7, 11) is 0. The Morgan fingerprint density at radius 3 is 2.27 bits per heavy atom. The molecule has 6 heteroatoms. The van der Waals surface area contributed by atoms with Crippen LogP contribution in [0, 0.1) is 5.41 Å². The number of alkyl halides is 3. The van der Waals surface area contributed by atoms with Gasteiger partial charge < -0.3 is 4.74 Å². The maximum atomic E-state index is 12.8. The molecule has 1 spiro atoms. The van der Waals surface area contributed by atoms with E-state index in [0.29, 0.717) is 30.7 Å². The van der Waals surface area contributed by atoms with Crippen molar-refractivity contribution in [2.75, 3.05) is 32.8 Å². The smallest absolute Gasteiger partial charge is 0.378 e. The van der Waals surface area contributed by atoms with E-state index in [1.54, 1.807) is 4.90 Å². The molecule has 0 radical (unpaired) electrons. The van der Waals surface area contributed by atoms with E-state index in [-0.39, 0.29) is 0 Å². The molecule has 3 rings (SSSR count). The summed E-state index contributed by atoms with van der Waals surface area (Å²) in [5.41, 5.74) is 0.313. The van der Waals surface area contributed by atoms with Gasteiger partial charge >= 0.3 is 6.18 Å². The van der Waals surface area contributed by atoms with Crippen LogP contribution in [0.2, 0.25) is 0 Å². The molecule has 2 saturated carbocycles. The molecule has 3 nitrogen and oxygen atoms in total. The van der Waals surface area contributed by atoms with Crippen molar-refractivity contribution >= 4 is 0 Å². The predicted octanol–water partition coefficient (Wildman–Crippen LogP) is 2.90. The summed E-state index contributed by atoms with van der Waals surface area (Å²) in [5.74, 6) is 0. The number of ether oxygens (including phenoxy) is 1. The van der Waals surface area contributed by atoms with Gasteiger partial charge in [-0.3, -0.25) is 9.80 Å². The second kappa shape index (κ2) is 5.95. The van der Waals surface area contributed by atoms with E-state index >= 15 is 0 Å². The molecule has 0 aromatic carbocycles.